The zero-order valence-electron chi connectivity index (χ0n) is 14.0. The third-order valence-electron chi connectivity index (χ3n) is 3.82. The molecule has 2 aromatic carbocycles. The number of carbonyl (C=O) groups excluding carboxylic acids is 1. The van der Waals surface area contributed by atoms with Gasteiger partial charge in [-0.2, -0.15) is 0 Å². The molecule has 0 aliphatic carbocycles. The minimum atomic E-state index is -1.08. The number of nitrogens with one attached hydrogen (secondary N) is 1. The molecule has 3 rings (SSSR count). The smallest absolute Gasteiger partial charge is 0.341 e. The van der Waals surface area contributed by atoms with Crippen molar-refractivity contribution in [2.75, 3.05) is 6.61 Å². The molecule has 0 saturated carbocycles. The van der Waals surface area contributed by atoms with E-state index in [9.17, 15) is 9.59 Å². The van der Waals surface area contributed by atoms with E-state index < -0.39 is 12.6 Å². The van der Waals surface area contributed by atoms with Gasteiger partial charge in [-0.1, -0.05) is 48.0 Å². The van der Waals surface area contributed by atoms with E-state index in [1.807, 2.05) is 18.2 Å². The Balaban J connectivity index is 1.83. The number of ether oxygens (including phenoxy) is 1. The fourth-order valence-electron chi connectivity index (χ4n) is 2.54. The van der Waals surface area contributed by atoms with Crippen molar-refractivity contribution in [3.63, 3.8) is 0 Å². The minimum Gasteiger partial charge on any atom is -0.481 e. The molecule has 138 valence electrons. The summed E-state index contributed by atoms with van der Waals surface area (Å²) in [4.78, 5) is 24.9. The highest BCUT2D eigenvalue weighted by Gasteiger charge is 2.31. The van der Waals surface area contributed by atoms with Crippen molar-refractivity contribution >= 4 is 46.9 Å². The monoisotopic (exact) mass is 402 g/mol. The summed E-state index contributed by atoms with van der Waals surface area (Å²) in [6.07, 6.45) is 1.58. The SMILES string of the molecule is O=C(O)COc1ccccc1/C=C1\NC(=S)N(Cc2ccccc2Cl)C1=O. The van der Waals surface area contributed by atoms with Crippen LogP contribution in [0.2, 0.25) is 5.02 Å². The lowest BCUT2D eigenvalue weighted by Crippen LogP contribution is -2.30. The second-order valence-corrected chi connectivity index (χ2v) is 6.49. The number of halogens is 1. The van der Waals surface area contributed by atoms with E-state index in [1.54, 1.807) is 36.4 Å². The van der Waals surface area contributed by atoms with E-state index in [-0.39, 0.29) is 23.3 Å². The van der Waals surface area contributed by atoms with Crippen LogP contribution in [0.1, 0.15) is 11.1 Å². The molecule has 1 fully saturated rings. The highest BCUT2D eigenvalue weighted by molar-refractivity contribution is 7.80. The van der Waals surface area contributed by atoms with Gasteiger partial charge in [0, 0.05) is 10.6 Å². The minimum absolute atomic E-state index is 0.249. The van der Waals surface area contributed by atoms with Gasteiger partial charge in [-0.05, 0) is 36.0 Å². The number of carbonyl (C=O) groups is 2. The van der Waals surface area contributed by atoms with Gasteiger partial charge in [0.2, 0.25) is 0 Å². The molecule has 0 radical (unpaired) electrons. The molecule has 1 heterocycles. The number of hydrogen-bond acceptors (Lipinski definition) is 4. The number of benzene rings is 2. The first-order valence-electron chi connectivity index (χ1n) is 7.97. The number of carboxylic acids is 1. The predicted octanol–water partition coefficient (Wildman–Crippen LogP) is 3.06. The molecule has 2 aromatic rings. The molecule has 1 aliphatic heterocycles. The second-order valence-electron chi connectivity index (χ2n) is 5.69. The Morgan fingerprint density at radius 2 is 1.93 bits per heavy atom. The predicted molar refractivity (Wildman–Crippen MR) is 105 cm³/mol. The molecule has 0 spiro atoms. The first kappa shape index (κ1) is 18.9. The van der Waals surface area contributed by atoms with Gasteiger partial charge in [0.15, 0.2) is 11.7 Å². The van der Waals surface area contributed by atoms with Crippen molar-refractivity contribution in [2.45, 2.75) is 6.54 Å². The van der Waals surface area contributed by atoms with E-state index >= 15 is 0 Å². The molecule has 0 bridgehead atoms. The zero-order chi connectivity index (χ0) is 19.4. The van der Waals surface area contributed by atoms with Crippen LogP contribution >= 0.6 is 23.8 Å². The molecule has 0 unspecified atom stereocenters. The number of nitrogens with zero attached hydrogens (tertiary/aromatic N) is 1. The van der Waals surface area contributed by atoms with Gasteiger partial charge >= 0.3 is 5.97 Å². The van der Waals surface area contributed by atoms with Crippen molar-refractivity contribution in [3.8, 4) is 5.75 Å². The summed E-state index contributed by atoms with van der Waals surface area (Å²) in [7, 11) is 0. The van der Waals surface area contributed by atoms with E-state index in [2.05, 4.69) is 5.32 Å². The Bertz CT molecular complexity index is 945. The Kier molecular flexibility index (Phi) is 5.73. The van der Waals surface area contributed by atoms with Crippen molar-refractivity contribution in [1.82, 2.24) is 10.2 Å². The molecule has 0 atom stereocenters. The van der Waals surface area contributed by atoms with Crippen molar-refractivity contribution in [2.24, 2.45) is 0 Å². The van der Waals surface area contributed by atoms with E-state index in [0.29, 0.717) is 16.3 Å². The molecule has 6 nitrogen and oxygen atoms in total. The van der Waals surface area contributed by atoms with Crippen LogP contribution < -0.4 is 10.1 Å². The van der Waals surface area contributed by atoms with Gasteiger partial charge in [-0.15, -0.1) is 0 Å². The number of rotatable bonds is 6. The topological polar surface area (TPSA) is 78.9 Å². The summed E-state index contributed by atoms with van der Waals surface area (Å²) in [6.45, 7) is -0.225. The molecule has 27 heavy (non-hydrogen) atoms. The summed E-state index contributed by atoms with van der Waals surface area (Å²) >= 11 is 11.4. The summed E-state index contributed by atoms with van der Waals surface area (Å²) < 4.78 is 5.26. The Morgan fingerprint density at radius 3 is 2.67 bits per heavy atom. The maximum atomic E-state index is 12.7. The Labute approximate surface area is 166 Å². The highest BCUT2D eigenvalue weighted by Crippen LogP contribution is 2.24. The summed E-state index contributed by atoms with van der Waals surface area (Å²) in [5, 5.41) is 12.5. The number of hydrogen-bond donors (Lipinski definition) is 2. The fraction of sp³-hybridized carbons (Fsp3) is 0.105. The number of aliphatic carboxylic acids is 1. The average Bonchev–Trinajstić information content (AvgIpc) is 2.90. The number of amides is 1. The Morgan fingerprint density at radius 1 is 1.22 bits per heavy atom. The molecule has 1 amide bonds. The molecule has 0 aromatic heterocycles. The van der Waals surface area contributed by atoms with Gasteiger partial charge in [0.05, 0.1) is 6.54 Å². The lowest BCUT2D eigenvalue weighted by molar-refractivity contribution is -0.139. The lowest BCUT2D eigenvalue weighted by atomic mass is 10.1. The highest BCUT2D eigenvalue weighted by atomic mass is 35.5. The van der Waals surface area contributed by atoms with Gasteiger partial charge in [-0.3, -0.25) is 9.69 Å². The first-order chi connectivity index (χ1) is 13.0. The number of para-hydroxylation sites is 1. The second kappa shape index (κ2) is 8.20. The van der Waals surface area contributed by atoms with E-state index in [0.717, 1.165) is 5.56 Å². The van der Waals surface area contributed by atoms with Gasteiger partial charge in [0.1, 0.15) is 11.4 Å². The zero-order valence-corrected chi connectivity index (χ0v) is 15.6. The molecule has 8 heteroatoms. The van der Waals surface area contributed by atoms with Crippen LogP contribution in [0.3, 0.4) is 0 Å². The summed E-state index contributed by atoms with van der Waals surface area (Å²) in [6, 6.07) is 14.1. The largest absolute Gasteiger partial charge is 0.481 e. The van der Waals surface area contributed by atoms with Crippen LogP contribution in [0.25, 0.3) is 6.08 Å². The fourth-order valence-corrected chi connectivity index (χ4v) is 2.99. The third-order valence-corrected chi connectivity index (χ3v) is 4.51. The van der Waals surface area contributed by atoms with Gasteiger partial charge in [0.25, 0.3) is 5.91 Å². The average molecular weight is 403 g/mol. The summed E-state index contributed by atoms with van der Waals surface area (Å²) in [5.41, 5.74) is 1.62. The van der Waals surface area contributed by atoms with Crippen LogP contribution in [0, 0.1) is 0 Å². The van der Waals surface area contributed by atoms with Crippen molar-refractivity contribution < 1.29 is 19.4 Å². The molecule has 1 saturated heterocycles. The maximum absolute atomic E-state index is 12.7. The third kappa shape index (κ3) is 4.45. The van der Waals surface area contributed by atoms with Crippen LogP contribution in [0.5, 0.6) is 5.75 Å². The molecule has 2 N–H and O–H groups in total. The Hall–Kier alpha value is -2.90. The standard InChI is InChI=1S/C19H15ClN2O4S/c20-14-7-3-1-6-13(14)10-22-18(25)15(21-19(22)27)9-12-5-2-4-8-16(12)26-11-17(23)24/h1-9H,10-11H2,(H,21,27)(H,23,24)/b15-9-. The molecule has 1 aliphatic rings. The van der Waals surface area contributed by atoms with Crippen LogP contribution in [-0.4, -0.2) is 33.6 Å². The maximum Gasteiger partial charge on any atom is 0.341 e. The normalized spacial score (nSPS) is 15.1. The molecular weight excluding hydrogens is 388 g/mol. The molecular formula is C19H15ClN2O4S. The quantitative estimate of drug-likeness (QED) is 0.571. The van der Waals surface area contributed by atoms with E-state index in [1.165, 1.54) is 4.90 Å². The number of carboxylic acid groups (broad SMARTS) is 1. The van der Waals surface area contributed by atoms with Crippen molar-refractivity contribution in [1.29, 1.82) is 0 Å². The number of thiocarbonyl (C=S) groups is 1. The van der Waals surface area contributed by atoms with Crippen LogP contribution in [0.15, 0.2) is 54.2 Å². The lowest BCUT2D eigenvalue weighted by Gasteiger charge is -2.14. The first-order valence-corrected chi connectivity index (χ1v) is 8.76. The summed E-state index contributed by atoms with van der Waals surface area (Å²) in [5.74, 6) is -1.02. The van der Waals surface area contributed by atoms with Gasteiger partial charge < -0.3 is 15.2 Å². The van der Waals surface area contributed by atoms with E-state index in [4.69, 9.17) is 33.7 Å². The van der Waals surface area contributed by atoms with Gasteiger partial charge in [-0.25, -0.2) is 4.79 Å². The van der Waals surface area contributed by atoms with Crippen LogP contribution in [-0.2, 0) is 16.1 Å². The van der Waals surface area contributed by atoms with Crippen molar-refractivity contribution in [3.05, 3.63) is 70.4 Å². The van der Waals surface area contributed by atoms with Crippen LogP contribution in [0.4, 0.5) is 0 Å².